The van der Waals surface area contributed by atoms with Crippen LogP contribution in [0, 0.1) is 5.82 Å². The Morgan fingerprint density at radius 3 is 2.47 bits per heavy atom. The first kappa shape index (κ1) is 21.9. The monoisotopic (exact) mass is 432 g/mol. The molecule has 0 aliphatic carbocycles. The molecule has 0 bridgehead atoms. The number of carbonyl (C=O) groups excluding carboxylic acids is 3. The van der Waals surface area contributed by atoms with Crippen LogP contribution in [0.1, 0.15) is 29.6 Å². The first-order chi connectivity index (χ1) is 14.3. The average Bonchev–Trinajstić information content (AvgIpc) is 2.91. The van der Waals surface area contributed by atoms with Crippen LogP contribution in [0.2, 0.25) is 5.02 Å². The normalized spacial score (nSPS) is 17.9. The van der Waals surface area contributed by atoms with Crippen LogP contribution < -0.4 is 10.2 Å². The Balaban J connectivity index is 1.66. The van der Waals surface area contributed by atoms with E-state index < -0.39 is 17.8 Å². The topological polar surface area (TPSA) is 70.9 Å². The molecule has 1 heterocycles. The molecule has 3 amide bonds. The molecule has 0 aromatic heterocycles. The van der Waals surface area contributed by atoms with Crippen LogP contribution in [0.15, 0.2) is 48.5 Å². The van der Waals surface area contributed by atoms with Crippen LogP contribution in [0.4, 0.5) is 10.1 Å². The number of imide groups is 1. The van der Waals surface area contributed by atoms with Crippen molar-refractivity contribution in [1.29, 1.82) is 0 Å². The summed E-state index contributed by atoms with van der Waals surface area (Å²) in [6, 6.07) is 11.4. The Kier molecular flexibility index (Phi) is 7.18. The maximum Gasteiger partial charge on any atom is 0.287 e. The van der Waals surface area contributed by atoms with E-state index in [9.17, 15) is 18.8 Å². The highest BCUT2D eigenvalue weighted by Crippen LogP contribution is 2.15. The molecule has 30 heavy (non-hydrogen) atoms. The fourth-order valence-corrected chi connectivity index (χ4v) is 3.69. The molecule has 3 rings (SSSR count). The molecule has 1 fully saturated rings. The van der Waals surface area contributed by atoms with Crippen LogP contribution in [0.3, 0.4) is 0 Å². The van der Waals surface area contributed by atoms with Crippen molar-refractivity contribution < 1.29 is 23.7 Å². The van der Waals surface area contributed by atoms with Gasteiger partial charge in [-0.05, 0) is 61.4 Å². The van der Waals surface area contributed by atoms with Gasteiger partial charge in [0.1, 0.15) is 5.82 Å². The molecule has 1 aliphatic heterocycles. The molecule has 6 nitrogen and oxygen atoms in total. The summed E-state index contributed by atoms with van der Waals surface area (Å²) in [5, 5.41) is 3.36. The SMILES string of the molecule is C[NH+](CC(=O)Nc1ccc(Cl)cc1)[C@H]1CCCCN(C(=O)c2ccc(F)cc2)C1=O. The second-order valence-corrected chi connectivity index (χ2v) is 7.86. The van der Waals surface area contributed by atoms with E-state index in [2.05, 4.69) is 5.32 Å². The van der Waals surface area contributed by atoms with E-state index in [1.807, 2.05) is 0 Å². The maximum absolute atomic E-state index is 13.2. The third-order valence-electron chi connectivity index (χ3n) is 5.19. The average molecular weight is 433 g/mol. The maximum atomic E-state index is 13.2. The quantitative estimate of drug-likeness (QED) is 0.711. The number of likely N-dealkylation sites (N-methyl/N-ethyl adjacent to an activating group) is 1. The third-order valence-corrected chi connectivity index (χ3v) is 5.44. The number of nitrogens with zero attached hydrogens (tertiary/aromatic N) is 1. The lowest BCUT2D eigenvalue weighted by atomic mass is 10.1. The fraction of sp³-hybridized carbons (Fsp3) is 0.318. The predicted octanol–water partition coefficient (Wildman–Crippen LogP) is 2.15. The van der Waals surface area contributed by atoms with Crippen LogP contribution in [-0.4, -0.2) is 48.8 Å². The molecule has 1 unspecified atom stereocenters. The number of carbonyl (C=O) groups is 3. The molecule has 2 atom stereocenters. The van der Waals surface area contributed by atoms with Crippen LogP contribution in [0.25, 0.3) is 0 Å². The molecule has 2 aromatic rings. The van der Waals surface area contributed by atoms with E-state index in [0.29, 0.717) is 35.0 Å². The molecule has 0 spiro atoms. The number of hydrogen-bond donors (Lipinski definition) is 2. The van der Waals surface area contributed by atoms with E-state index in [4.69, 9.17) is 11.6 Å². The smallest absolute Gasteiger partial charge is 0.287 e. The van der Waals surface area contributed by atoms with Crippen LogP contribution >= 0.6 is 11.6 Å². The number of rotatable bonds is 5. The summed E-state index contributed by atoms with van der Waals surface area (Å²) in [4.78, 5) is 40.3. The summed E-state index contributed by atoms with van der Waals surface area (Å²) in [5.74, 6) is -1.42. The van der Waals surface area contributed by atoms with Gasteiger partial charge in [0.05, 0.1) is 7.05 Å². The van der Waals surface area contributed by atoms with Crippen molar-refractivity contribution in [1.82, 2.24) is 4.90 Å². The van der Waals surface area contributed by atoms with Gasteiger partial charge in [0.2, 0.25) is 0 Å². The molecule has 2 N–H and O–H groups in total. The lowest BCUT2D eigenvalue weighted by Gasteiger charge is -2.26. The number of amides is 3. The summed E-state index contributed by atoms with van der Waals surface area (Å²) in [7, 11) is 1.77. The molecule has 2 aromatic carbocycles. The van der Waals surface area contributed by atoms with Gasteiger partial charge in [0, 0.05) is 29.2 Å². The van der Waals surface area contributed by atoms with Crippen molar-refractivity contribution in [2.75, 3.05) is 25.5 Å². The minimum Gasteiger partial charge on any atom is -0.321 e. The zero-order valence-electron chi connectivity index (χ0n) is 16.7. The summed E-state index contributed by atoms with van der Waals surface area (Å²) >= 11 is 5.85. The van der Waals surface area contributed by atoms with Gasteiger partial charge >= 0.3 is 0 Å². The highest BCUT2D eigenvalue weighted by Gasteiger charge is 2.37. The van der Waals surface area contributed by atoms with Gasteiger partial charge in [-0.2, -0.15) is 0 Å². The lowest BCUT2D eigenvalue weighted by molar-refractivity contribution is -0.888. The predicted molar refractivity (Wildman–Crippen MR) is 112 cm³/mol. The van der Waals surface area contributed by atoms with E-state index in [1.165, 1.54) is 29.2 Å². The van der Waals surface area contributed by atoms with Crippen molar-refractivity contribution in [3.8, 4) is 0 Å². The summed E-state index contributed by atoms with van der Waals surface area (Å²) in [6.07, 6.45) is 2.06. The molecule has 8 heteroatoms. The molecule has 0 saturated carbocycles. The van der Waals surface area contributed by atoms with Crippen LogP contribution in [0.5, 0.6) is 0 Å². The van der Waals surface area contributed by atoms with Gasteiger partial charge in [-0.3, -0.25) is 19.3 Å². The summed E-state index contributed by atoms with van der Waals surface area (Å²) in [5.41, 5.74) is 0.890. The fourth-order valence-electron chi connectivity index (χ4n) is 3.56. The zero-order chi connectivity index (χ0) is 21.7. The first-order valence-electron chi connectivity index (χ1n) is 9.84. The van der Waals surface area contributed by atoms with Crippen molar-refractivity contribution in [2.24, 2.45) is 0 Å². The molecule has 158 valence electrons. The molecular weight excluding hydrogens is 409 g/mol. The first-order valence-corrected chi connectivity index (χ1v) is 10.2. The second-order valence-electron chi connectivity index (χ2n) is 7.43. The number of hydrogen-bond acceptors (Lipinski definition) is 3. The van der Waals surface area contributed by atoms with E-state index in [1.54, 1.807) is 31.3 Å². The van der Waals surface area contributed by atoms with Gasteiger partial charge in [0.15, 0.2) is 12.6 Å². The second kappa shape index (κ2) is 9.82. The summed E-state index contributed by atoms with van der Waals surface area (Å²) < 4.78 is 13.2. The van der Waals surface area contributed by atoms with Gasteiger partial charge in [-0.25, -0.2) is 4.39 Å². The Bertz CT molecular complexity index is 918. The van der Waals surface area contributed by atoms with E-state index in [0.717, 1.165) is 6.42 Å². The Morgan fingerprint density at radius 1 is 1.13 bits per heavy atom. The van der Waals surface area contributed by atoms with Crippen molar-refractivity contribution in [3.63, 3.8) is 0 Å². The van der Waals surface area contributed by atoms with E-state index >= 15 is 0 Å². The van der Waals surface area contributed by atoms with Gasteiger partial charge in [0.25, 0.3) is 17.7 Å². The van der Waals surface area contributed by atoms with Crippen LogP contribution in [-0.2, 0) is 9.59 Å². The standard InChI is InChI=1S/C22H23ClFN3O3/c1-26(14-20(28)25-18-11-7-16(23)8-12-18)19-4-2-3-13-27(22(19)30)21(29)15-5-9-17(24)10-6-15/h5-12,19H,2-4,13-14H2,1H3,(H,25,28)/p+1/t19-/m0/s1. The number of likely N-dealkylation sites (tertiary alicyclic amines) is 1. The van der Waals surface area contributed by atoms with Crippen molar-refractivity contribution in [3.05, 3.63) is 64.9 Å². The number of anilines is 1. The number of benzene rings is 2. The molecule has 1 aliphatic rings. The Hall–Kier alpha value is -2.77. The molecule has 0 radical (unpaired) electrons. The number of quaternary nitrogens is 1. The van der Waals surface area contributed by atoms with Gasteiger partial charge < -0.3 is 10.2 Å². The summed E-state index contributed by atoms with van der Waals surface area (Å²) in [6.45, 7) is 0.396. The molecule has 1 saturated heterocycles. The third kappa shape index (κ3) is 5.43. The van der Waals surface area contributed by atoms with Crippen molar-refractivity contribution in [2.45, 2.75) is 25.3 Å². The largest absolute Gasteiger partial charge is 0.321 e. The highest BCUT2D eigenvalue weighted by atomic mass is 35.5. The van der Waals surface area contributed by atoms with Gasteiger partial charge in [-0.1, -0.05) is 11.6 Å². The van der Waals surface area contributed by atoms with E-state index in [-0.39, 0.29) is 23.9 Å². The minimum absolute atomic E-state index is 0.0810. The highest BCUT2D eigenvalue weighted by molar-refractivity contribution is 6.30. The number of halogens is 2. The number of nitrogens with one attached hydrogen (secondary N) is 2. The van der Waals surface area contributed by atoms with Crippen molar-refractivity contribution >= 4 is 35.0 Å². The Morgan fingerprint density at radius 2 is 1.80 bits per heavy atom. The molecular formula is C22H24ClFN3O3+. The minimum atomic E-state index is -0.507. The zero-order valence-corrected chi connectivity index (χ0v) is 17.4. The van der Waals surface area contributed by atoms with Gasteiger partial charge in [-0.15, -0.1) is 0 Å². The Labute approximate surface area is 179 Å². The lowest BCUT2D eigenvalue weighted by Crippen LogP contribution is -3.15.